The lowest BCUT2D eigenvalue weighted by atomic mass is 9.93. The molecule has 6 nitrogen and oxygen atoms in total. The van der Waals surface area contributed by atoms with E-state index in [-0.39, 0.29) is 11.8 Å². The van der Waals surface area contributed by atoms with Crippen LogP contribution in [0.15, 0.2) is 36.1 Å². The Labute approximate surface area is 171 Å². The molecule has 0 aromatic carbocycles. The van der Waals surface area contributed by atoms with Crippen LogP contribution in [0, 0.1) is 5.92 Å². The number of nitrogens with one attached hydrogen (secondary N) is 1. The molecule has 1 amide bonds. The van der Waals surface area contributed by atoms with Crippen LogP contribution >= 0.6 is 11.3 Å². The van der Waals surface area contributed by atoms with Gasteiger partial charge in [0.05, 0.1) is 12.5 Å². The van der Waals surface area contributed by atoms with Gasteiger partial charge in [-0.3, -0.25) is 19.6 Å². The number of pyridine rings is 1. The molecule has 4 rings (SSSR count). The Hall–Kier alpha value is -1.83. The Morgan fingerprint density at radius 1 is 1.21 bits per heavy atom. The van der Waals surface area contributed by atoms with Crippen molar-refractivity contribution in [1.29, 1.82) is 0 Å². The lowest BCUT2D eigenvalue weighted by Crippen LogP contribution is -2.50. The molecule has 1 N–H and O–H groups in total. The van der Waals surface area contributed by atoms with Crippen LogP contribution in [0.3, 0.4) is 0 Å². The smallest absolute Gasteiger partial charge is 0.224 e. The summed E-state index contributed by atoms with van der Waals surface area (Å²) in [6.45, 7) is 5.82. The summed E-state index contributed by atoms with van der Waals surface area (Å²) in [7, 11) is 0. The normalized spacial score (nSPS) is 22.2. The van der Waals surface area contributed by atoms with E-state index < -0.39 is 0 Å². The number of carbonyl (C=O) groups excluding carboxylic acids is 1. The molecule has 0 radical (unpaired) electrons. The van der Waals surface area contributed by atoms with Gasteiger partial charge in [-0.15, -0.1) is 11.3 Å². The molecule has 0 bridgehead atoms. The fraction of sp³-hybridized carbons (Fsp3) is 0.571. The number of piperidine rings is 2. The topological polar surface area (TPSA) is 61.4 Å². The van der Waals surface area contributed by atoms with E-state index in [4.69, 9.17) is 0 Å². The molecule has 150 valence electrons. The highest BCUT2D eigenvalue weighted by atomic mass is 32.1. The average Bonchev–Trinajstić information content (AvgIpc) is 3.26. The van der Waals surface area contributed by atoms with Crippen LogP contribution in [-0.2, 0) is 17.9 Å². The number of amides is 1. The average molecular weight is 400 g/mol. The number of aromatic nitrogens is 2. The van der Waals surface area contributed by atoms with Gasteiger partial charge in [-0.25, -0.2) is 4.98 Å². The van der Waals surface area contributed by atoms with Gasteiger partial charge in [0.1, 0.15) is 5.01 Å². The fourth-order valence-electron chi connectivity index (χ4n) is 4.35. The maximum atomic E-state index is 12.7. The van der Waals surface area contributed by atoms with Gasteiger partial charge in [0.15, 0.2) is 0 Å². The number of hydrogen-bond donors (Lipinski definition) is 1. The van der Waals surface area contributed by atoms with Crippen molar-refractivity contribution in [3.05, 3.63) is 46.7 Å². The number of rotatable bonds is 6. The largest absolute Gasteiger partial charge is 0.352 e. The van der Waals surface area contributed by atoms with Crippen LogP contribution in [0.2, 0.25) is 0 Å². The summed E-state index contributed by atoms with van der Waals surface area (Å²) in [5, 5.41) is 6.37. The maximum Gasteiger partial charge on any atom is 0.224 e. The summed E-state index contributed by atoms with van der Waals surface area (Å²) in [5.41, 5.74) is 1.05. The van der Waals surface area contributed by atoms with Gasteiger partial charge >= 0.3 is 0 Å². The van der Waals surface area contributed by atoms with Crippen molar-refractivity contribution in [2.45, 2.75) is 44.8 Å². The van der Waals surface area contributed by atoms with Gasteiger partial charge in [0, 0.05) is 56.2 Å². The zero-order valence-electron chi connectivity index (χ0n) is 16.3. The van der Waals surface area contributed by atoms with E-state index in [9.17, 15) is 4.79 Å². The van der Waals surface area contributed by atoms with Gasteiger partial charge < -0.3 is 5.32 Å². The molecule has 0 saturated carbocycles. The molecule has 2 aliphatic rings. The minimum Gasteiger partial charge on any atom is -0.352 e. The van der Waals surface area contributed by atoms with Gasteiger partial charge in [0.25, 0.3) is 0 Å². The number of hydrogen-bond acceptors (Lipinski definition) is 6. The van der Waals surface area contributed by atoms with Crippen molar-refractivity contribution in [3.63, 3.8) is 0 Å². The SMILES string of the molecule is O=C(NCc1cccnc1)[C@@H]1CCCN(C2CCN(Cc3nccs3)CC2)C1. The lowest BCUT2D eigenvalue weighted by Gasteiger charge is -2.41. The third-order valence-corrected chi connectivity index (χ3v) is 6.69. The van der Waals surface area contributed by atoms with Crippen LogP contribution in [0.25, 0.3) is 0 Å². The van der Waals surface area contributed by atoms with Gasteiger partial charge in [-0.2, -0.15) is 0 Å². The number of nitrogens with zero attached hydrogens (tertiary/aromatic N) is 4. The second-order valence-corrected chi connectivity index (χ2v) is 8.83. The first-order valence-corrected chi connectivity index (χ1v) is 11.2. The van der Waals surface area contributed by atoms with E-state index in [1.165, 1.54) is 17.8 Å². The van der Waals surface area contributed by atoms with Crippen molar-refractivity contribution in [1.82, 2.24) is 25.1 Å². The molecule has 1 atom stereocenters. The van der Waals surface area contributed by atoms with Crippen molar-refractivity contribution < 1.29 is 4.79 Å². The van der Waals surface area contributed by atoms with Gasteiger partial charge in [-0.1, -0.05) is 6.07 Å². The van der Waals surface area contributed by atoms with Crippen LogP contribution in [0.5, 0.6) is 0 Å². The number of carbonyl (C=O) groups is 1. The zero-order chi connectivity index (χ0) is 19.2. The van der Waals surface area contributed by atoms with E-state index in [2.05, 4.69) is 30.5 Å². The van der Waals surface area contributed by atoms with E-state index in [0.717, 1.165) is 51.1 Å². The molecular weight excluding hydrogens is 370 g/mol. The minimum absolute atomic E-state index is 0.110. The van der Waals surface area contributed by atoms with E-state index >= 15 is 0 Å². The Morgan fingerprint density at radius 2 is 2.11 bits per heavy atom. The van der Waals surface area contributed by atoms with Crippen LogP contribution in [0.1, 0.15) is 36.3 Å². The third-order valence-electron chi connectivity index (χ3n) is 5.93. The Kier molecular flexibility index (Phi) is 6.67. The van der Waals surface area contributed by atoms with E-state index in [1.54, 1.807) is 17.5 Å². The Morgan fingerprint density at radius 3 is 2.86 bits per heavy atom. The zero-order valence-corrected chi connectivity index (χ0v) is 17.1. The molecule has 2 aliphatic heterocycles. The van der Waals surface area contributed by atoms with Gasteiger partial charge in [0.2, 0.25) is 5.91 Å². The van der Waals surface area contributed by atoms with Crippen LogP contribution in [-0.4, -0.2) is 57.9 Å². The predicted molar refractivity (Wildman–Crippen MR) is 111 cm³/mol. The molecule has 0 spiro atoms. The summed E-state index contributed by atoms with van der Waals surface area (Å²) >= 11 is 1.74. The highest BCUT2D eigenvalue weighted by Gasteiger charge is 2.31. The van der Waals surface area contributed by atoms with Crippen molar-refractivity contribution in [2.75, 3.05) is 26.2 Å². The molecule has 2 aromatic heterocycles. The predicted octanol–water partition coefficient (Wildman–Crippen LogP) is 2.53. The first kappa shape index (κ1) is 19.5. The first-order chi connectivity index (χ1) is 13.8. The Bertz CT molecular complexity index is 731. The lowest BCUT2D eigenvalue weighted by molar-refractivity contribution is -0.127. The molecule has 0 unspecified atom stereocenters. The van der Waals surface area contributed by atoms with Crippen molar-refractivity contribution in [3.8, 4) is 0 Å². The second kappa shape index (κ2) is 9.58. The Balaban J connectivity index is 1.23. The van der Waals surface area contributed by atoms with Crippen molar-refractivity contribution in [2.24, 2.45) is 5.92 Å². The molecule has 2 aromatic rings. The van der Waals surface area contributed by atoms with E-state index in [0.29, 0.717) is 12.6 Å². The monoisotopic (exact) mass is 399 g/mol. The second-order valence-electron chi connectivity index (χ2n) is 7.85. The molecule has 7 heteroatoms. The minimum atomic E-state index is 0.110. The number of thiazole rings is 1. The summed E-state index contributed by atoms with van der Waals surface area (Å²) in [6, 6.07) is 4.52. The molecule has 28 heavy (non-hydrogen) atoms. The maximum absolute atomic E-state index is 12.7. The van der Waals surface area contributed by atoms with Gasteiger partial charge in [-0.05, 0) is 43.9 Å². The third kappa shape index (κ3) is 5.16. The van der Waals surface area contributed by atoms with Crippen LogP contribution in [0.4, 0.5) is 0 Å². The molecular formula is C21H29N5OS. The summed E-state index contributed by atoms with van der Waals surface area (Å²) in [5.74, 6) is 0.300. The summed E-state index contributed by atoms with van der Waals surface area (Å²) in [6.07, 6.45) is 9.95. The molecule has 4 heterocycles. The fourth-order valence-corrected chi connectivity index (χ4v) is 5.01. The summed E-state index contributed by atoms with van der Waals surface area (Å²) < 4.78 is 0. The standard InChI is InChI=1S/C21H29N5OS/c27-21(24-14-17-3-1-7-22-13-17)18-4-2-9-26(15-18)19-5-10-25(11-6-19)16-20-23-8-12-28-20/h1,3,7-8,12-13,18-19H,2,4-6,9-11,14-16H2,(H,24,27)/t18-/m1/s1. The quantitative estimate of drug-likeness (QED) is 0.809. The molecule has 2 fully saturated rings. The summed E-state index contributed by atoms with van der Waals surface area (Å²) in [4.78, 5) is 26.3. The highest BCUT2D eigenvalue weighted by molar-refractivity contribution is 7.09. The van der Waals surface area contributed by atoms with Crippen molar-refractivity contribution >= 4 is 17.2 Å². The first-order valence-electron chi connectivity index (χ1n) is 10.3. The van der Waals surface area contributed by atoms with Crippen LogP contribution < -0.4 is 5.32 Å². The molecule has 2 saturated heterocycles. The number of likely N-dealkylation sites (tertiary alicyclic amines) is 2. The molecule has 0 aliphatic carbocycles. The van der Waals surface area contributed by atoms with E-state index in [1.807, 2.05) is 24.5 Å². The highest BCUT2D eigenvalue weighted by Crippen LogP contribution is 2.25.